The normalized spacial score (nSPS) is 11.4. The molecule has 0 radical (unpaired) electrons. The first-order valence-electron chi connectivity index (χ1n) is 8.97. The number of carbonyl (C=O) groups excluding carboxylic acids is 1. The van der Waals surface area contributed by atoms with Crippen LogP contribution in [0.2, 0.25) is 0 Å². The summed E-state index contributed by atoms with van der Waals surface area (Å²) in [5, 5.41) is 3.20. The van der Waals surface area contributed by atoms with Gasteiger partial charge in [0.15, 0.2) is 5.13 Å². The van der Waals surface area contributed by atoms with Crippen LogP contribution in [0.1, 0.15) is 10.4 Å². The standard InChI is InChI=1S/C21H21N3O4S2/c1-4-12-24(13-5-2)30(26,27)17-9-6-15(7-10-17)20(25)23-21-22-18-11-8-16(28-3)14-19(18)29-21/h4-11,14H,1-2,12-13H2,3H3,(H,22,23,25). The molecule has 0 atom stereocenters. The maximum Gasteiger partial charge on any atom is 0.257 e. The summed E-state index contributed by atoms with van der Waals surface area (Å²) >= 11 is 1.33. The van der Waals surface area contributed by atoms with Crippen molar-refractivity contribution >= 4 is 42.6 Å². The number of hydrogen-bond donors (Lipinski definition) is 1. The molecule has 1 aromatic heterocycles. The van der Waals surface area contributed by atoms with E-state index in [-0.39, 0.29) is 23.9 Å². The maximum absolute atomic E-state index is 12.7. The van der Waals surface area contributed by atoms with Gasteiger partial charge in [-0.2, -0.15) is 4.31 Å². The van der Waals surface area contributed by atoms with Crippen LogP contribution in [0.15, 0.2) is 72.7 Å². The molecule has 0 saturated carbocycles. The number of anilines is 1. The number of nitrogens with one attached hydrogen (secondary N) is 1. The number of hydrogen-bond acceptors (Lipinski definition) is 6. The number of ether oxygens (including phenoxy) is 1. The van der Waals surface area contributed by atoms with E-state index < -0.39 is 10.0 Å². The average Bonchev–Trinajstić information content (AvgIpc) is 3.14. The minimum Gasteiger partial charge on any atom is -0.497 e. The van der Waals surface area contributed by atoms with Crippen molar-refractivity contribution in [2.45, 2.75) is 4.90 Å². The molecule has 0 fully saturated rings. The molecular formula is C21H21N3O4S2. The molecule has 1 amide bonds. The summed E-state index contributed by atoms with van der Waals surface area (Å²) in [4.78, 5) is 17.0. The van der Waals surface area contributed by atoms with E-state index in [2.05, 4.69) is 23.5 Å². The Labute approximate surface area is 179 Å². The van der Waals surface area contributed by atoms with Gasteiger partial charge in [-0.25, -0.2) is 13.4 Å². The Hall–Kier alpha value is -3.01. The molecule has 0 aliphatic rings. The number of sulfonamides is 1. The van der Waals surface area contributed by atoms with Gasteiger partial charge in [0.25, 0.3) is 5.91 Å². The van der Waals surface area contributed by atoms with E-state index in [0.717, 1.165) is 10.2 Å². The first kappa shape index (κ1) is 21.7. The van der Waals surface area contributed by atoms with E-state index in [4.69, 9.17) is 4.74 Å². The van der Waals surface area contributed by atoms with Gasteiger partial charge in [0.2, 0.25) is 10.0 Å². The van der Waals surface area contributed by atoms with Crippen molar-refractivity contribution < 1.29 is 17.9 Å². The lowest BCUT2D eigenvalue weighted by Crippen LogP contribution is -2.31. The third-order valence-corrected chi connectivity index (χ3v) is 7.02. The van der Waals surface area contributed by atoms with Crippen LogP contribution in [0.25, 0.3) is 10.2 Å². The molecule has 0 aliphatic heterocycles. The topological polar surface area (TPSA) is 88.6 Å². The van der Waals surface area contributed by atoms with Crippen LogP contribution in [0.4, 0.5) is 5.13 Å². The molecule has 1 N–H and O–H groups in total. The number of thiazole rings is 1. The lowest BCUT2D eigenvalue weighted by molar-refractivity contribution is 0.102. The second-order valence-corrected chi connectivity index (χ2v) is 9.20. The van der Waals surface area contributed by atoms with Gasteiger partial charge in [-0.1, -0.05) is 23.5 Å². The van der Waals surface area contributed by atoms with Crippen molar-refractivity contribution in [2.24, 2.45) is 0 Å². The predicted molar refractivity (Wildman–Crippen MR) is 120 cm³/mol. The monoisotopic (exact) mass is 443 g/mol. The van der Waals surface area contributed by atoms with Crippen LogP contribution in [-0.4, -0.2) is 43.8 Å². The quantitative estimate of drug-likeness (QED) is 0.507. The van der Waals surface area contributed by atoms with E-state index in [1.165, 1.54) is 52.1 Å². The summed E-state index contributed by atoms with van der Waals surface area (Å²) in [6.45, 7) is 7.51. The van der Waals surface area contributed by atoms with Crippen LogP contribution in [0.3, 0.4) is 0 Å². The Morgan fingerprint density at radius 1 is 1.17 bits per heavy atom. The molecule has 0 saturated heterocycles. The van der Waals surface area contributed by atoms with Crippen molar-refractivity contribution in [3.05, 3.63) is 73.3 Å². The second-order valence-electron chi connectivity index (χ2n) is 6.23. The van der Waals surface area contributed by atoms with Gasteiger partial charge in [0.1, 0.15) is 5.75 Å². The zero-order valence-electron chi connectivity index (χ0n) is 16.4. The number of benzene rings is 2. The van der Waals surface area contributed by atoms with Crippen LogP contribution in [-0.2, 0) is 10.0 Å². The second kappa shape index (κ2) is 9.21. The number of fused-ring (bicyclic) bond motifs is 1. The predicted octanol–water partition coefficient (Wildman–Crippen LogP) is 3.92. The molecule has 7 nitrogen and oxygen atoms in total. The highest BCUT2D eigenvalue weighted by atomic mass is 32.2. The third kappa shape index (κ3) is 4.59. The summed E-state index contributed by atoms with van der Waals surface area (Å²) in [5.41, 5.74) is 1.08. The minimum atomic E-state index is -3.71. The molecule has 3 aromatic rings. The molecule has 0 unspecified atom stereocenters. The zero-order valence-corrected chi connectivity index (χ0v) is 18.0. The number of amides is 1. The smallest absolute Gasteiger partial charge is 0.257 e. The fourth-order valence-electron chi connectivity index (χ4n) is 2.74. The van der Waals surface area contributed by atoms with Crippen LogP contribution in [0.5, 0.6) is 5.75 Å². The van der Waals surface area contributed by atoms with Gasteiger partial charge < -0.3 is 4.74 Å². The summed E-state index contributed by atoms with van der Waals surface area (Å²) in [6, 6.07) is 11.2. The molecule has 0 bridgehead atoms. The van der Waals surface area contributed by atoms with Gasteiger partial charge in [0, 0.05) is 18.7 Å². The fourth-order valence-corrected chi connectivity index (χ4v) is 5.01. The van der Waals surface area contributed by atoms with Gasteiger partial charge in [0.05, 0.1) is 22.2 Å². The third-order valence-electron chi connectivity index (χ3n) is 4.24. The van der Waals surface area contributed by atoms with Crippen LogP contribution < -0.4 is 10.1 Å². The summed E-state index contributed by atoms with van der Waals surface area (Å²) in [5.74, 6) is 0.335. The van der Waals surface area contributed by atoms with E-state index >= 15 is 0 Å². The molecule has 0 spiro atoms. The van der Waals surface area contributed by atoms with E-state index in [1.807, 2.05) is 12.1 Å². The number of carbonyl (C=O) groups is 1. The Bertz CT molecular complexity index is 1170. The SMILES string of the molecule is C=CCN(CC=C)S(=O)(=O)c1ccc(C(=O)Nc2nc3ccc(OC)cc3s2)cc1. The highest BCUT2D eigenvalue weighted by Gasteiger charge is 2.22. The van der Waals surface area contributed by atoms with Crippen molar-refractivity contribution in [2.75, 3.05) is 25.5 Å². The van der Waals surface area contributed by atoms with E-state index in [0.29, 0.717) is 16.4 Å². The zero-order chi connectivity index (χ0) is 21.7. The van der Waals surface area contributed by atoms with Gasteiger partial charge in [-0.05, 0) is 42.5 Å². The first-order chi connectivity index (χ1) is 14.4. The van der Waals surface area contributed by atoms with Gasteiger partial charge >= 0.3 is 0 Å². The fraction of sp³-hybridized carbons (Fsp3) is 0.143. The Morgan fingerprint density at radius 3 is 2.43 bits per heavy atom. The summed E-state index contributed by atoms with van der Waals surface area (Å²) in [6.07, 6.45) is 3.02. The minimum absolute atomic E-state index is 0.0924. The van der Waals surface area contributed by atoms with E-state index in [1.54, 1.807) is 13.2 Å². The molecule has 0 aliphatic carbocycles. The van der Waals surface area contributed by atoms with Crippen LogP contribution in [0, 0.1) is 0 Å². The highest BCUT2D eigenvalue weighted by molar-refractivity contribution is 7.89. The maximum atomic E-state index is 12.7. The Kier molecular flexibility index (Phi) is 6.66. The number of methoxy groups -OCH3 is 1. The van der Waals surface area contributed by atoms with Gasteiger partial charge in [-0.15, -0.1) is 13.2 Å². The molecule has 156 valence electrons. The molecule has 9 heteroatoms. The number of nitrogens with zero attached hydrogens (tertiary/aromatic N) is 2. The lowest BCUT2D eigenvalue weighted by atomic mass is 10.2. The number of aromatic nitrogens is 1. The van der Waals surface area contributed by atoms with Gasteiger partial charge in [-0.3, -0.25) is 10.1 Å². The van der Waals surface area contributed by atoms with Crippen molar-refractivity contribution in [1.29, 1.82) is 0 Å². The summed E-state index contributed by atoms with van der Waals surface area (Å²) < 4.78 is 32.8. The molecule has 30 heavy (non-hydrogen) atoms. The average molecular weight is 444 g/mol. The highest BCUT2D eigenvalue weighted by Crippen LogP contribution is 2.29. The van der Waals surface area contributed by atoms with Crippen LogP contribution >= 0.6 is 11.3 Å². The Balaban J connectivity index is 1.78. The van der Waals surface area contributed by atoms with Crippen molar-refractivity contribution in [3.63, 3.8) is 0 Å². The molecule has 1 heterocycles. The largest absolute Gasteiger partial charge is 0.497 e. The first-order valence-corrected chi connectivity index (χ1v) is 11.2. The Morgan fingerprint density at radius 2 is 1.83 bits per heavy atom. The van der Waals surface area contributed by atoms with E-state index in [9.17, 15) is 13.2 Å². The number of rotatable bonds is 9. The molecule has 3 rings (SSSR count). The molecule has 2 aromatic carbocycles. The van der Waals surface area contributed by atoms with Crippen molar-refractivity contribution in [1.82, 2.24) is 9.29 Å². The lowest BCUT2D eigenvalue weighted by Gasteiger charge is -2.19. The summed E-state index contributed by atoms with van der Waals surface area (Å²) in [7, 11) is -2.13. The van der Waals surface area contributed by atoms with Crippen molar-refractivity contribution in [3.8, 4) is 5.75 Å². The molecular weight excluding hydrogens is 422 g/mol.